The molecule has 0 heterocycles. The fraction of sp³-hybridized carbons (Fsp3) is 0.296. The monoisotopic (exact) mass is 984 g/mol. The van der Waals surface area contributed by atoms with Crippen LogP contribution in [-0.4, -0.2) is 20.6 Å². The van der Waals surface area contributed by atoms with Crippen molar-refractivity contribution in [2.24, 2.45) is 0 Å². The number of hydrogen-bond acceptors (Lipinski definition) is 0. The second-order valence-corrected chi connectivity index (χ2v) is 27.5. The molecule has 0 bridgehead atoms. The van der Waals surface area contributed by atoms with E-state index < -0.39 is 15.8 Å². The standard InChI is InChI=1S/C22H40P2.2C16H9.2Ag/c1-19(2,3)23(20(4,5)6)17-15-13-14-16-18(17)24(21(7,8)9)22(10,11)12;2*1-2-12-11-13-7-3-4-9-15(13)16-10-6-5-8-14(12)16;;/h13-16H,1-12H3;2*3-11H;;/q;2*-1;2*+1/p+2. The molecule has 0 aliphatic heterocycles. The normalized spacial score (nSPS) is 11.8. The Hall–Kier alpha value is -2.96. The third-order valence-corrected chi connectivity index (χ3v) is 18.5. The first-order valence-corrected chi connectivity index (χ1v) is 22.8. The van der Waals surface area contributed by atoms with E-state index >= 15 is 0 Å². The van der Waals surface area contributed by atoms with E-state index in [0.717, 1.165) is 32.7 Å². The van der Waals surface area contributed by atoms with Gasteiger partial charge in [0.2, 0.25) is 0 Å². The van der Waals surface area contributed by atoms with Gasteiger partial charge in [-0.1, -0.05) is 120 Å². The first-order chi connectivity index (χ1) is 26.3. The van der Waals surface area contributed by atoms with Gasteiger partial charge in [0.15, 0.2) is 0 Å². The van der Waals surface area contributed by atoms with E-state index in [9.17, 15) is 0 Å². The van der Waals surface area contributed by atoms with Gasteiger partial charge in [0.25, 0.3) is 0 Å². The Bertz CT molecular complexity index is 2350. The van der Waals surface area contributed by atoms with Crippen LogP contribution in [0, 0.1) is 24.7 Å². The molecule has 306 valence electrons. The summed E-state index contributed by atoms with van der Waals surface area (Å²) in [5.41, 5.74) is 1.71. The molecular formula is C54H60Ag2P2+2. The van der Waals surface area contributed by atoms with Crippen LogP contribution in [-0.2, 0) is 44.8 Å². The molecule has 7 rings (SSSR count). The molecule has 0 aliphatic carbocycles. The third-order valence-electron chi connectivity index (χ3n) is 10.3. The number of rotatable bonds is 2. The number of fused-ring (bicyclic) bond motifs is 6. The minimum atomic E-state index is -0.721. The molecule has 0 atom stereocenters. The van der Waals surface area contributed by atoms with Crippen LogP contribution in [0.4, 0.5) is 0 Å². The van der Waals surface area contributed by atoms with E-state index in [-0.39, 0.29) is 44.8 Å². The summed E-state index contributed by atoms with van der Waals surface area (Å²) < 4.78 is 0. The second-order valence-electron chi connectivity index (χ2n) is 18.9. The Morgan fingerprint density at radius 3 is 0.862 bits per heavy atom. The zero-order valence-corrected chi connectivity index (χ0v) is 41.3. The van der Waals surface area contributed by atoms with Gasteiger partial charge >= 0.3 is 44.8 Å². The summed E-state index contributed by atoms with van der Waals surface area (Å²) in [4.78, 5) is 0. The largest absolute Gasteiger partial charge is 1.00 e. The molecule has 0 fully saturated rings. The molecule has 0 aromatic heterocycles. The zero-order valence-electron chi connectivity index (χ0n) is 36.3. The van der Waals surface area contributed by atoms with Crippen molar-refractivity contribution in [2.75, 3.05) is 0 Å². The predicted molar refractivity (Wildman–Crippen MR) is 257 cm³/mol. The first-order valence-electron chi connectivity index (χ1n) is 19.8. The smallest absolute Gasteiger partial charge is 0.366 e. The summed E-state index contributed by atoms with van der Waals surface area (Å²) in [5, 5.41) is 14.1. The van der Waals surface area contributed by atoms with Crippen LogP contribution >= 0.6 is 15.8 Å². The average Bonchev–Trinajstić information content (AvgIpc) is 3.13. The van der Waals surface area contributed by atoms with E-state index in [1.807, 2.05) is 72.8 Å². The van der Waals surface area contributed by atoms with Crippen LogP contribution in [0.3, 0.4) is 0 Å². The van der Waals surface area contributed by atoms with Gasteiger partial charge in [-0.2, -0.15) is 0 Å². The maximum absolute atomic E-state index is 7.35. The summed E-state index contributed by atoms with van der Waals surface area (Å²) in [5.74, 6) is 5.02. The van der Waals surface area contributed by atoms with Crippen molar-refractivity contribution < 1.29 is 44.8 Å². The van der Waals surface area contributed by atoms with Gasteiger partial charge in [0.05, 0.1) is 20.6 Å². The Morgan fingerprint density at radius 2 is 0.586 bits per heavy atom. The molecule has 0 saturated carbocycles. The summed E-state index contributed by atoms with van der Waals surface area (Å²) >= 11 is 0. The van der Waals surface area contributed by atoms with Gasteiger partial charge in [-0.25, -0.2) is 0 Å². The minimum Gasteiger partial charge on any atom is -0.366 e. The molecule has 7 aromatic carbocycles. The maximum atomic E-state index is 7.35. The molecule has 0 nitrogen and oxygen atoms in total. The third kappa shape index (κ3) is 11.4. The van der Waals surface area contributed by atoms with Crippen molar-refractivity contribution in [3.05, 3.63) is 157 Å². The van der Waals surface area contributed by atoms with Gasteiger partial charge in [0.1, 0.15) is 10.6 Å². The predicted octanol–water partition coefficient (Wildman–Crippen LogP) is 14.4. The number of benzene rings is 7. The van der Waals surface area contributed by atoms with Crippen molar-refractivity contribution in [3.63, 3.8) is 0 Å². The summed E-state index contributed by atoms with van der Waals surface area (Å²) in [6.45, 7) is 29.4. The fourth-order valence-corrected chi connectivity index (χ4v) is 18.8. The fourth-order valence-electron chi connectivity index (χ4n) is 9.10. The molecule has 0 amide bonds. The molecule has 58 heavy (non-hydrogen) atoms. The molecule has 4 heteroatoms. The van der Waals surface area contributed by atoms with E-state index in [2.05, 4.69) is 156 Å². The van der Waals surface area contributed by atoms with E-state index in [1.54, 1.807) is 10.6 Å². The SMILES string of the molecule is CC(C)(C)[PH+](c1ccccc1[PH+](C(C)(C)C)C(C)(C)C)C(C)(C)C.[Ag+].[Ag+].[C-]#Cc1cc2ccccc2c2ccccc12.[C-]#Cc1cc2ccccc2c2ccccc12. The summed E-state index contributed by atoms with van der Waals surface area (Å²) in [6.07, 6.45) is 14.7. The van der Waals surface area contributed by atoms with Crippen molar-refractivity contribution >= 4 is 69.5 Å². The Balaban J connectivity index is 0.000000234. The van der Waals surface area contributed by atoms with Crippen molar-refractivity contribution in [3.8, 4) is 11.8 Å². The summed E-state index contributed by atoms with van der Waals surface area (Å²) in [6, 6.07) is 46.3. The van der Waals surface area contributed by atoms with Gasteiger partial charge in [0, 0.05) is 15.8 Å². The van der Waals surface area contributed by atoms with Crippen molar-refractivity contribution in [2.45, 2.75) is 104 Å². The first kappa shape index (κ1) is 49.4. The molecule has 0 unspecified atom stereocenters. The molecule has 0 spiro atoms. The minimum absolute atomic E-state index is 0. The van der Waals surface area contributed by atoms with Crippen LogP contribution in [0.5, 0.6) is 0 Å². The summed E-state index contributed by atoms with van der Waals surface area (Å²) in [7, 11) is -1.44. The Kier molecular flexibility index (Phi) is 17.1. The topological polar surface area (TPSA) is 0 Å². The average molecular weight is 987 g/mol. The quantitative estimate of drug-likeness (QED) is 0.0532. The van der Waals surface area contributed by atoms with Gasteiger partial charge in [-0.3, -0.25) is 11.8 Å². The van der Waals surface area contributed by atoms with Gasteiger partial charge < -0.3 is 12.8 Å². The maximum Gasteiger partial charge on any atom is 1.00 e. The molecule has 0 saturated heterocycles. The molecule has 0 aliphatic rings. The van der Waals surface area contributed by atoms with Crippen LogP contribution in [0.1, 0.15) is 94.2 Å². The van der Waals surface area contributed by atoms with Gasteiger partial charge in [-0.05, 0) is 128 Å². The van der Waals surface area contributed by atoms with Crippen molar-refractivity contribution in [1.82, 2.24) is 0 Å². The Labute approximate surface area is 384 Å². The van der Waals surface area contributed by atoms with Crippen LogP contribution in [0.25, 0.3) is 43.1 Å². The van der Waals surface area contributed by atoms with Crippen LogP contribution in [0.15, 0.2) is 133 Å². The van der Waals surface area contributed by atoms with Crippen molar-refractivity contribution in [1.29, 1.82) is 0 Å². The van der Waals surface area contributed by atoms with Gasteiger partial charge in [-0.15, -0.1) is 23.3 Å². The molecule has 7 aromatic rings. The molecule has 0 radical (unpaired) electrons. The van der Waals surface area contributed by atoms with E-state index in [4.69, 9.17) is 12.8 Å². The second kappa shape index (κ2) is 20.1. The van der Waals surface area contributed by atoms with E-state index in [1.165, 1.54) is 21.5 Å². The zero-order chi connectivity index (χ0) is 41.1. The van der Waals surface area contributed by atoms with Crippen LogP contribution < -0.4 is 10.6 Å². The van der Waals surface area contributed by atoms with E-state index in [0.29, 0.717) is 20.6 Å². The van der Waals surface area contributed by atoms with Crippen LogP contribution in [0.2, 0.25) is 0 Å². The Morgan fingerprint density at radius 1 is 0.345 bits per heavy atom. The molecular weight excluding hydrogens is 926 g/mol. The number of hydrogen-bond donors (Lipinski definition) is 0. The molecule has 0 N–H and O–H groups in total.